The molecule has 3 N–H and O–H groups in total. The molecule has 0 radical (unpaired) electrons. The second kappa shape index (κ2) is 10.0. The summed E-state index contributed by atoms with van der Waals surface area (Å²) < 4.78 is 31.7. The number of rotatable bonds is 4. The summed E-state index contributed by atoms with van der Waals surface area (Å²) in [4.78, 5) is 24.1. The molecule has 2 heterocycles. The normalized spacial score (nSPS) is 16.3. The van der Waals surface area contributed by atoms with E-state index in [-0.39, 0.29) is 11.9 Å². The van der Waals surface area contributed by atoms with Gasteiger partial charge < -0.3 is 10.4 Å². The van der Waals surface area contributed by atoms with Gasteiger partial charge in [-0.25, -0.2) is 4.79 Å². The van der Waals surface area contributed by atoms with Gasteiger partial charge >= 0.3 is 12.1 Å². The molecule has 4 rings (SSSR count). The van der Waals surface area contributed by atoms with Crippen molar-refractivity contribution in [2.45, 2.75) is 39.0 Å². The number of hydrogen-bond acceptors (Lipinski definition) is 4. The van der Waals surface area contributed by atoms with Crippen LogP contribution in [0.5, 0.6) is 0 Å². The van der Waals surface area contributed by atoms with E-state index in [1.807, 2.05) is 19.1 Å². The fourth-order valence-corrected chi connectivity index (χ4v) is 3.70. The van der Waals surface area contributed by atoms with Crippen LogP contribution >= 0.6 is 0 Å². The third-order valence-electron chi connectivity index (χ3n) is 5.31. The highest BCUT2D eigenvalue weighted by molar-refractivity contribution is 6.05. The predicted molar refractivity (Wildman–Crippen MR) is 117 cm³/mol. The molecular weight excluding hydrogens is 437 g/mol. The van der Waals surface area contributed by atoms with Gasteiger partial charge in [0.2, 0.25) is 0 Å². The predicted octanol–water partition coefficient (Wildman–Crippen LogP) is 3.82. The number of carbonyl (C=O) groups excluding carboxylic acids is 1. The van der Waals surface area contributed by atoms with Crippen LogP contribution in [0.15, 0.2) is 42.6 Å². The van der Waals surface area contributed by atoms with Gasteiger partial charge in [0.25, 0.3) is 5.91 Å². The number of H-pyrrole nitrogens is 1. The van der Waals surface area contributed by atoms with Crippen LogP contribution in [0.25, 0.3) is 10.9 Å². The van der Waals surface area contributed by atoms with Crippen molar-refractivity contribution in [3.8, 4) is 0 Å². The minimum Gasteiger partial charge on any atom is -0.475 e. The molecule has 2 aromatic carbocycles. The maximum atomic E-state index is 12.8. The minimum atomic E-state index is -5.08. The molecule has 0 aliphatic carbocycles. The lowest BCUT2D eigenvalue weighted by Crippen LogP contribution is -2.37. The van der Waals surface area contributed by atoms with Crippen molar-refractivity contribution in [2.75, 3.05) is 13.1 Å². The Morgan fingerprint density at radius 1 is 1.18 bits per heavy atom. The minimum absolute atomic E-state index is 0.0230. The van der Waals surface area contributed by atoms with Gasteiger partial charge in [-0.1, -0.05) is 29.8 Å². The molecule has 1 amide bonds. The van der Waals surface area contributed by atoms with Crippen molar-refractivity contribution < 1.29 is 27.9 Å². The van der Waals surface area contributed by atoms with Crippen LogP contribution in [0, 0.1) is 13.8 Å². The Balaban J connectivity index is 0.000000383. The summed E-state index contributed by atoms with van der Waals surface area (Å²) in [5.74, 6) is -2.78. The average molecular weight is 462 g/mol. The van der Waals surface area contributed by atoms with E-state index in [4.69, 9.17) is 9.90 Å². The lowest BCUT2D eigenvalue weighted by Gasteiger charge is -2.17. The largest absolute Gasteiger partial charge is 0.490 e. The number of carboxylic acids is 1. The highest BCUT2D eigenvalue weighted by atomic mass is 19.4. The third-order valence-corrected chi connectivity index (χ3v) is 5.31. The summed E-state index contributed by atoms with van der Waals surface area (Å²) in [6.07, 6.45) is -2.34. The van der Waals surface area contributed by atoms with E-state index in [1.54, 1.807) is 6.20 Å². The van der Waals surface area contributed by atoms with Gasteiger partial charge in [-0.3, -0.25) is 14.8 Å². The molecule has 33 heavy (non-hydrogen) atoms. The van der Waals surface area contributed by atoms with E-state index in [0.717, 1.165) is 42.5 Å². The van der Waals surface area contributed by atoms with Crippen LogP contribution in [0.2, 0.25) is 0 Å². The van der Waals surface area contributed by atoms with Crippen molar-refractivity contribution in [2.24, 2.45) is 0 Å². The SMILES string of the molecule is Cc1ccc(CN2CCC(NC(=O)c3cc(C)cc4cn[nH]c34)C2)cc1.O=C(O)C(F)(F)F. The van der Waals surface area contributed by atoms with Gasteiger partial charge in [0, 0.05) is 31.1 Å². The number of carbonyl (C=O) groups is 2. The van der Waals surface area contributed by atoms with Crippen molar-refractivity contribution in [3.63, 3.8) is 0 Å². The number of fused-ring (bicyclic) bond motifs is 1. The average Bonchev–Trinajstić information content (AvgIpc) is 3.38. The van der Waals surface area contributed by atoms with E-state index in [1.165, 1.54) is 11.1 Å². The second-order valence-corrected chi connectivity index (χ2v) is 8.13. The summed E-state index contributed by atoms with van der Waals surface area (Å²) in [5.41, 5.74) is 5.15. The molecule has 10 heteroatoms. The monoisotopic (exact) mass is 462 g/mol. The van der Waals surface area contributed by atoms with Gasteiger partial charge in [0.15, 0.2) is 0 Å². The first-order chi connectivity index (χ1) is 15.5. The molecule has 1 aliphatic heterocycles. The molecule has 0 bridgehead atoms. The number of aryl methyl sites for hydroxylation is 2. The zero-order chi connectivity index (χ0) is 24.2. The molecular formula is C23H25F3N4O3. The maximum absolute atomic E-state index is 12.8. The molecule has 1 saturated heterocycles. The number of nitrogens with zero attached hydrogens (tertiary/aromatic N) is 2. The Bertz CT molecular complexity index is 1130. The number of nitrogens with one attached hydrogen (secondary N) is 2. The quantitative estimate of drug-likeness (QED) is 0.548. The van der Waals surface area contributed by atoms with Crippen LogP contribution in [0.4, 0.5) is 13.2 Å². The van der Waals surface area contributed by atoms with E-state index in [9.17, 15) is 18.0 Å². The van der Waals surface area contributed by atoms with E-state index >= 15 is 0 Å². The highest BCUT2D eigenvalue weighted by Crippen LogP contribution is 2.20. The molecule has 1 unspecified atom stereocenters. The summed E-state index contributed by atoms with van der Waals surface area (Å²) >= 11 is 0. The molecule has 0 saturated carbocycles. The fourth-order valence-electron chi connectivity index (χ4n) is 3.70. The molecule has 7 nitrogen and oxygen atoms in total. The van der Waals surface area contributed by atoms with Crippen LogP contribution in [-0.4, -0.2) is 57.4 Å². The van der Waals surface area contributed by atoms with Crippen molar-refractivity contribution in [1.82, 2.24) is 20.4 Å². The van der Waals surface area contributed by atoms with Crippen LogP contribution < -0.4 is 5.32 Å². The molecule has 1 aromatic heterocycles. The Morgan fingerprint density at radius 2 is 1.85 bits per heavy atom. The van der Waals surface area contributed by atoms with Gasteiger partial charge in [0.05, 0.1) is 17.3 Å². The van der Waals surface area contributed by atoms with Gasteiger partial charge in [0.1, 0.15) is 0 Å². The van der Waals surface area contributed by atoms with Crippen LogP contribution in [0.1, 0.15) is 33.5 Å². The van der Waals surface area contributed by atoms with Gasteiger partial charge in [-0.15, -0.1) is 0 Å². The number of amides is 1. The smallest absolute Gasteiger partial charge is 0.475 e. The molecule has 3 aromatic rings. The number of benzene rings is 2. The Labute approximate surface area is 188 Å². The number of carboxylic acid groups (broad SMARTS) is 1. The Morgan fingerprint density at radius 3 is 2.48 bits per heavy atom. The Hall–Kier alpha value is -3.40. The summed E-state index contributed by atoms with van der Waals surface area (Å²) in [6, 6.07) is 12.8. The lowest BCUT2D eigenvalue weighted by molar-refractivity contribution is -0.192. The molecule has 176 valence electrons. The molecule has 1 fully saturated rings. The summed E-state index contributed by atoms with van der Waals surface area (Å²) in [5, 5.41) is 18.3. The number of aromatic nitrogens is 2. The Kier molecular flexibility index (Phi) is 7.37. The van der Waals surface area contributed by atoms with Crippen molar-refractivity contribution in [1.29, 1.82) is 0 Å². The standard InChI is InChI=1S/C21H24N4O.C2HF3O2/c1-14-3-5-16(6-4-14)12-25-8-7-18(13-25)23-21(26)19-10-15(2)9-17-11-22-24-20(17)19;3-2(4,5)1(6)7/h3-6,9-11,18H,7-8,12-13H2,1-2H3,(H,22,24)(H,23,26);(H,6,7). The van der Waals surface area contributed by atoms with Crippen molar-refractivity contribution >= 4 is 22.8 Å². The zero-order valence-electron chi connectivity index (χ0n) is 18.2. The highest BCUT2D eigenvalue weighted by Gasteiger charge is 2.38. The van der Waals surface area contributed by atoms with Crippen LogP contribution in [0.3, 0.4) is 0 Å². The number of alkyl halides is 3. The number of hydrogen-bond donors (Lipinski definition) is 3. The summed E-state index contributed by atoms with van der Waals surface area (Å²) in [7, 11) is 0. The van der Waals surface area contributed by atoms with Gasteiger partial charge in [-0.05, 0) is 43.5 Å². The number of halogens is 3. The number of likely N-dealkylation sites (tertiary alicyclic amines) is 1. The number of aliphatic carboxylic acids is 1. The van der Waals surface area contributed by atoms with Gasteiger partial charge in [-0.2, -0.15) is 18.3 Å². The zero-order valence-corrected chi connectivity index (χ0v) is 18.2. The number of aromatic amines is 1. The first kappa shape index (κ1) is 24.2. The van der Waals surface area contributed by atoms with E-state index < -0.39 is 12.1 Å². The fraction of sp³-hybridized carbons (Fsp3) is 0.348. The van der Waals surface area contributed by atoms with E-state index in [0.29, 0.717) is 5.56 Å². The van der Waals surface area contributed by atoms with Crippen LogP contribution in [-0.2, 0) is 11.3 Å². The molecule has 0 spiro atoms. The lowest BCUT2D eigenvalue weighted by atomic mass is 10.1. The molecule has 1 aliphatic rings. The van der Waals surface area contributed by atoms with Crippen molar-refractivity contribution in [3.05, 3.63) is 64.8 Å². The topological polar surface area (TPSA) is 98.3 Å². The second-order valence-electron chi connectivity index (χ2n) is 8.13. The first-order valence-electron chi connectivity index (χ1n) is 10.4. The van der Waals surface area contributed by atoms with E-state index in [2.05, 4.69) is 51.6 Å². The molecule has 1 atom stereocenters. The third kappa shape index (κ3) is 6.55. The maximum Gasteiger partial charge on any atom is 0.490 e. The summed E-state index contributed by atoms with van der Waals surface area (Å²) in [6.45, 7) is 6.93. The first-order valence-corrected chi connectivity index (χ1v) is 10.4.